The van der Waals surface area contributed by atoms with E-state index >= 15 is 0 Å². The van der Waals surface area contributed by atoms with Crippen LogP contribution in [0.5, 0.6) is 5.75 Å². The molecular formula is C20H21FN4O4S. The first-order valence-electron chi connectivity index (χ1n) is 8.98. The van der Waals surface area contributed by atoms with Crippen LogP contribution in [0.1, 0.15) is 22.0 Å². The number of nitrogens with zero attached hydrogens (tertiary/aromatic N) is 2. The number of rotatable bonds is 8. The Morgan fingerprint density at radius 1 is 1.23 bits per heavy atom. The van der Waals surface area contributed by atoms with Crippen LogP contribution in [-0.4, -0.2) is 37.8 Å². The van der Waals surface area contributed by atoms with E-state index in [2.05, 4.69) is 15.1 Å². The quantitative estimate of drug-likeness (QED) is 0.567. The molecule has 0 radical (unpaired) electrons. The van der Waals surface area contributed by atoms with Gasteiger partial charge < -0.3 is 10.1 Å². The zero-order valence-electron chi connectivity index (χ0n) is 16.4. The van der Waals surface area contributed by atoms with E-state index in [4.69, 9.17) is 4.74 Å². The number of ether oxygens (including phenoxy) is 1. The Hall–Kier alpha value is -3.24. The lowest BCUT2D eigenvalue weighted by atomic mass is 10.1. The molecule has 1 amide bonds. The number of hydrogen-bond acceptors (Lipinski definition) is 5. The van der Waals surface area contributed by atoms with Crippen LogP contribution in [0.25, 0.3) is 0 Å². The molecule has 3 aromatic rings. The molecule has 8 nitrogen and oxygen atoms in total. The number of aryl methyl sites for hydroxylation is 1. The normalized spacial score (nSPS) is 12.4. The highest BCUT2D eigenvalue weighted by molar-refractivity contribution is 7.89. The number of aromatic nitrogens is 2. The van der Waals surface area contributed by atoms with Crippen molar-refractivity contribution >= 4 is 15.9 Å². The van der Waals surface area contributed by atoms with Gasteiger partial charge in [-0.15, -0.1) is 0 Å². The predicted molar refractivity (Wildman–Crippen MR) is 108 cm³/mol. The molecule has 1 heterocycles. The van der Waals surface area contributed by atoms with Crippen LogP contribution in [0.15, 0.2) is 65.8 Å². The molecule has 0 fully saturated rings. The summed E-state index contributed by atoms with van der Waals surface area (Å²) in [5.41, 5.74) is 0.452. The Kier molecular flexibility index (Phi) is 6.48. The molecule has 0 saturated heterocycles. The zero-order chi connectivity index (χ0) is 21.7. The summed E-state index contributed by atoms with van der Waals surface area (Å²) in [6.07, 6.45) is 2.59. The summed E-state index contributed by atoms with van der Waals surface area (Å²) in [5.74, 6) is -1.08. The monoisotopic (exact) mass is 432 g/mol. The molecule has 0 bridgehead atoms. The smallest absolute Gasteiger partial charge is 0.254 e. The first kappa shape index (κ1) is 21.5. The number of nitrogens with one attached hydrogen (secondary N) is 2. The van der Waals surface area contributed by atoms with E-state index in [1.165, 1.54) is 36.3 Å². The van der Waals surface area contributed by atoms with Crippen LogP contribution >= 0.6 is 0 Å². The summed E-state index contributed by atoms with van der Waals surface area (Å²) >= 11 is 0. The van der Waals surface area contributed by atoms with Crippen LogP contribution in [0.3, 0.4) is 0 Å². The minimum Gasteiger partial charge on any atom is -0.497 e. The molecular weight excluding hydrogens is 411 g/mol. The van der Waals surface area contributed by atoms with Crippen LogP contribution in [0, 0.1) is 5.82 Å². The van der Waals surface area contributed by atoms with Crippen molar-refractivity contribution in [2.45, 2.75) is 10.9 Å². The maximum atomic E-state index is 14.2. The topological polar surface area (TPSA) is 102 Å². The third-order valence-electron chi connectivity index (χ3n) is 4.39. The number of sulfonamides is 1. The fourth-order valence-electron chi connectivity index (χ4n) is 2.79. The van der Waals surface area contributed by atoms with Gasteiger partial charge in [0.1, 0.15) is 16.5 Å². The van der Waals surface area contributed by atoms with Crippen LogP contribution < -0.4 is 14.8 Å². The van der Waals surface area contributed by atoms with E-state index in [9.17, 15) is 17.6 Å². The summed E-state index contributed by atoms with van der Waals surface area (Å²) in [6.45, 7) is -0.140. The Bertz CT molecular complexity index is 1130. The number of benzene rings is 2. The Balaban J connectivity index is 1.82. The van der Waals surface area contributed by atoms with Gasteiger partial charge in [-0.3, -0.25) is 9.48 Å². The van der Waals surface area contributed by atoms with E-state index in [0.717, 1.165) is 6.07 Å². The lowest BCUT2D eigenvalue weighted by molar-refractivity contribution is 0.0932. The van der Waals surface area contributed by atoms with Gasteiger partial charge in [-0.05, 0) is 23.8 Å². The van der Waals surface area contributed by atoms with E-state index in [-0.39, 0.29) is 17.0 Å². The molecule has 2 N–H and O–H groups in total. The van der Waals surface area contributed by atoms with Crippen molar-refractivity contribution in [1.29, 1.82) is 0 Å². The lowest BCUT2D eigenvalue weighted by Gasteiger charge is -2.20. The molecule has 158 valence electrons. The van der Waals surface area contributed by atoms with Gasteiger partial charge in [-0.25, -0.2) is 17.5 Å². The van der Waals surface area contributed by atoms with Crippen LogP contribution in [-0.2, 0) is 17.1 Å². The van der Waals surface area contributed by atoms with Gasteiger partial charge in [0.2, 0.25) is 10.0 Å². The Labute approximate surface area is 173 Å². The fraction of sp³-hybridized carbons (Fsp3) is 0.200. The molecule has 0 aliphatic heterocycles. The van der Waals surface area contributed by atoms with E-state index in [1.807, 2.05) is 0 Å². The predicted octanol–water partition coefficient (Wildman–Crippen LogP) is 2.02. The SMILES string of the molecule is COc1ccc(F)c(C(=O)NC(CNS(=O)(=O)c2cnn(C)c2)c2ccccc2)c1. The molecule has 0 aliphatic rings. The first-order valence-corrected chi connectivity index (χ1v) is 10.5. The molecule has 2 aromatic carbocycles. The Morgan fingerprint density at radius 3 is 2.60 bits per heavy atom. The highest BCUT2D eigenvalue weighted by atomic mass is 32.2. The number of amides is 1. The molecule has 1 atom stereocenters. The molecule has 1 aromatic heterocycles. The van der Waals surface area contributed by atoms with Gasteiger partial charge in [0.15, 0.2) is 0 Å². The van der Waals surface area contributed by atoms with Crippen molar-refractivity contribution in [2.24, 2.45) is 7.05 Å². The van der Waals surface area contributed by atoms with Crippen molar-refractivity contribution in [3.05, 3.63) is 77.9 Å². The van der Waals surface area contributed by atoms with Crippen molar-refractivity contribution in [3.8, 4) is 5.75 Å². The minimum atomic E-state index is -3.84. The number of methoxy groups -OCH3 is 1. The summed E-state index contributed by atoms with van der Waals surface area (Å²) in [5, 5.41) is 6.55. The molecule has 0 aliphatic carbocycles. The lowest BCUT2D eigenvalue weighted by Crippen LogP contribution is -2.38. The number of carbonyl (C=O) groups is 1. The highest BCUT2D eigenvalue weighted by Crippen LogP contribution is 2.19. The van der Waals surface area contributed by atoms with Gasteiger partial charge in [0, 0.05) is 19.8 Å². The molecule has 1 unspecified atom stereocenters. The summed E-state index contributed by atoms with van der Waals surface area (Å²) in [6, 6.07) is 11.9. The van der Waals surface area contributed by atoms with Crippen molar-refractivity contribution in [3.63, 3.8) is 0 Å². The maximum Gasteiger partial charge on any atom is 0.254 e. The average molecular weight is 432 g/mol. The van der Waals surface area contributed by atoms with E-state index in [0.29, 0.717) is 11.3 Å². The van der Waals surface area contributed by atoms with Gasteiger partial charge in [0.05, 0.1) is 24.9 Å². The highest BCUT2D eigenvalue weighted by Gasteiger charge is 2.22. The largest absolute Gasteiger partial charge is 0.497 e. The maximum absolute atomic E-state index is 14.2. The van der Waals surface area contributed by atoms with Gasteiger partial charge in [0.25, 0.3) is 5.91 Å². The first-order chi connectivity index (χ1) is 14.3. The van der Waals surface area contributed by atoms with Crippen molar-refractivity contribution < 1.29 is 22.3 Å². The van der Waals surface area contributed by atoms with Gasteiger partial charge >= 0.3 is 0 Å². The van der Waals surface area contributed by atoms with Crippen molar-refractivity contribution in [1.82, 2.24) is 19.8 Å². The van der Waals surface area contributed by atoms with Crippen LogP contribution in [0.4, 0.5) is 4.39 Å². The van der Waals surface area contributed by atoms with Gasteiger partial charge in [-0.1, -0.05) is 30.3 Å². The second-order valence-electron chi connectivity index (χ2n) is 6.48. The van der Waals surface area contributed by atoms with Crippen LogP contribution in [0.2, 0.25) is 0 Å². The average Bonchev–Trinajstić information content (AvgIpc) is 3.19. The fourth-order valence-corrected chi connectivity index (χ4v) is 3.82. The zero-order valence-corrected chi connectivity index (χ0v) is 17.2. The number of hydrogen-bond donors (Lipinski definition) is 2. The summed E-state index contributed by atoms with van der Waals surface area (Å²) in [4.78, 5) is 12.7. The van der Waals surface area contributed by atoms with Crippen molar-refractivity contribution in [2.75, 3.05) is 13.7 Å². The summed E-state index contributed by atoms with van der Waals surface area (Å²) in [7, 11) is -0.823. The molecule has 30 heavy (non-hydrogen) atoms. The van der Waals surface area contributed by atoms with E-state index in [1.54, 1.807) is 37.4 Å². The minimum absolute atomic E-state index is 0.00183. The molecule has 10 heteroatoms. The molecule has 0 spiro atoms. The molecule has 0 saturated carbocycles. The second-order valence-corrected chi connectivity index (χ2v) is 8.25. The standard InChI is InChI=1S/C20H21FN4O4S/c1-25-13-16(11-22-25)30(27,28)23-12-19(14-6-4-3-5-7-14)24-20(26)17-10-15(29-2)8-9-18(17)21/h3-11,13,19,23H,12H2,1-2H3,(H,24,26). The van der Waals surface area contributed by atoms with Gasteiger partial charge in [-0.2, -0.15) is 5.10 Å². The van der Waals surface area contributed by atoms with E-state index < -0.39 is 27.8 Å². The molecule has 3 rings (SSSR count). The third-order valence-corrected chi connectivity index (χ3v) is 5.77. The second kappa shape index (κ2) is 9.06. The summed E-state index contributed by atoms with van der Waals surface area (Å²) < 4.78 is 48.1. The number of halogens is 1. The number of carbonyl (C=O) groups excluding carboxylic acids is 1. The Morgan fingerprint density at radius 2 is 1.97 bits per heavy atom. The third kappa shape index (κ3) is 5.02.